The largest absolute Gasteiger partial charge is 0.335 e. The van der Waals surface area contributed by atoms with Crippen molar-refractivity contribution in [3.63, 3.8) is 0 Å². The van der Waals surface area contributed by atoms with Gasteiger partial charge < -0.3 is 10.6 Å². The molecule has 3 aromatic rings. The van der Waals surface area contributed by atoms with E-state index in [1.165, 1.54) is 10.8 Å². The second-order valence-corrected chi connectivity index (χ2v) is 7.09. The van der Waals surface area contributed by atoms with Crippen LogP contribution in [0.2, 0.25) is 0 Å². The maximum atomic E-state index is 12.5. The van der Waals surface area contributed by atoms with E-state index in [9.17, 15) is 4.79 Å². The van der Waals surface area contributed by atoms with Crippen LogP contribution in [0.3, 0.4) is 0 Å². The van der Waals surface area contributed by atoms with Gasteiger partial charge in [-0.15, -0.1) is 5.10 Å². The molecule has 0 radical (unpaired) electrons. The van der Waals surface area contributed by atoms with Gasteiger partial charge in [0.1, 0.15) is 0 Å². The van der Waals surface area contributed by atoms with Crippen LogP contribution in [0.25, 0.3) is 5.57 Å². The van der Waals surface area contributed by atoms with Gasteiger partial charge in [-0.05, 0) is 79.4 Å². The lowest BCUT2D eigenvalue weighted by Crippen LogP contribution is -2.25. The summed E-state index contributed by atoms with van der Waals surface area (Å²) in [5.41, 5.74) is 5.38. The number of benzene rings is 2. The predicted octanol–water partition coefficient (Wildman–Crippen LogP) is 4.08. The number of nitrogens with one attached hydrogen (secondary N) is 2. The molecule has 3 rings (SSSR count). The molecular weight excluding hydrogens is 390 g/mol. The van der Waals surface area contributed by atoms with E-state index in [-0.39, 0.29) is 17.3 Å². The van der Waals surface area contributed by atoms with Crippen molar-refractivity contribution in [1.82, 2.24) is 14.8 Å². The van der Waals surface area contributed by atoms with E-state index in [2.05, 4.69) is 32.9 Å². The summed E-state index contributed by atoms with van der Waals surface area (Å²) in [5, 5.41) is 28.2. The van der Waals surface area contributed by atoms with Gasteiger partial charge in [-0.25, -0.2) is 4.68 Å². The first-order valence-electron chi connectivity index (χ1n) is 9.50. The van der Waals surface area contributed by atoms with E-state index < -0.39 is 0 Å². The van der Waals surface area contributed by atoms with Crippen LogP contribution in [0.4, 0.5) is 23.1 Å². The van der Waals surface area contributed by atoms with Gasteiger partial charge >= 0.3 is 5.56 Å². The maximum Gasteiger partial charge on any atom is 0.309 e. The van der Waals surface area contributed by atoms with Gasteiger partial charge in [0.25, 0.3) is 0 Å². The average molecular weight is 411 g/mol. The predicted molar refractivity (Wildman–Crippen MR) is 120 cm³/mol. The second kappa shape index (κ2) is 8.93. The summed E-state index contributed by atoms with van der Waals surface area (Å²) in [6, 6.07) is 14.8. The Morgan fingerprint density at radius 3 is 2.32 bits per heavy atom. The Bertz CT molecular complexity index is 1280. The summed E-state index contributed by atoms with van der Waals surface area (Å²) < 4.78 is 1.21. The fraction of sp³-hybridized carbons (Fsp3) is 0.174. The van der Waals surface area contributed by atoms with Gasteiger partial charge in [0.05, 0.1) is 17.7 Å². The van der Waals surface area contributed by atoms with Crippen LogP contribution in [0.15, 0.2) is 47.3 Å². The Morgan fingerprint density at radius 1 is 1.10 bits per heavy atom. The fourth-order valence-corrected chi connectivity index (χ4v) is 3.10. The van der Waals surface area contributed by atoms with Gasteiger partial charge in [0.15, 0.2) is 0 Å². The minimum Gasteiger partial charge on any atom is -0.335 e. The molecule has 0 aliphatic heterocycles. The lowest BCUT2D eigenvalue weighted by atomic mass is 9.99. The van der Waals surface area contributed by atoms with Crippen molar-refractivity contribution in [2.45, 2.75) is 20.8 Å². The van der Waals surface area contributed by atoms with Crippen molar-refractivity contribution < 1.29 is 0 Å². The zero-order valence-electron chi connectivity index (χ0n) is 17.7. The molecule has 0 unspecified atom stereocenters. The second-order valence-electron chi connectivity index (χ2n) is 7.09. The van der Waals surface area contributed by atoms with Crippen LogP contribution in [0, 0.1) is 36.5 Å². The van der Waals surface area contributed by atoms with Crippen molar-refractivity contribution in [2.24, 2.45) is 7.05 Å². The summed E-state index contributed by atoms with van der Waals surface area (Å²) in [6.07, 6.45) is 1.51. The molecule has 2 N–H and O–H groups in total. The molecule has 1 heterocycles. The van der Waals surface area contributed by atoms with Crippen molar-refractivity contribution in [3.8, 4) is 12.1 Å². The average Bonchev–Trinajstić information content (AvgIpc) is 2.74. The van der Waals surface area contributed by atoms with Crippen molar-refractivity contribution in [3.05, 3.63) is 75.1 Å². The molecule has 0 fully saturated rings. The van der Waals surface area contributed by atoms with E-state index >= 15 is 0 Å². The van der Waals surface area contributed by atoms with Crippen LogP contribution in [-0.2, 0) is 7.05 Å². The highest BCUT2D eigenvalue weighted by atomic mass is 16.1. The first-order valence-corrected chi connectivity index (χ1v) is 9.50. The minimum absolute atomic E-state index is 0.115. The van der Waals surface area contributed by atoms with Gasteiger partial charge in [-0.3, -0.25) is 4.79 Å². The Morgan fingerprint density at radius 2 is 1.74 bits per heavy atom. The number of aromatic nitrogens is 3. The molecule has 0 amide bonds. The number of aryl methyl sites for hydroxylation is 3. The summed E-state index contributed by atoms with van der Waals surface area (Å²) >= 11 is 0. The van der Waals surface area contributed by atoms with E-state index in [4.69, 9.17) is 10.5 Å². The standard InChI is InChI=1S/C23H21N7O/c1-14(9-10-24)18-11-15(2)20(16(3)12-18)27-23-28-21(22(31)30(4)29-23)26-19-7-5-17(13-25)6-8-19/h5-9,11-12H,1-4H3,(H2,26,27,28,29). The summed E-state index contributed by atoms with van der Waals surface area (Å²) in [5.74, 6) is 0.380. The SMILES string of the molecule is CC(=CC#N)c1cc(C)c(Nc2nc(Nc3ccc(C#N)cc3)c(=O)n(C)n2)c(C)c1. The molecule has 154 valence electrons. The van der Waals surface area contributed by atoms with Crippen LogP contribution >= 0.6 is 0 Å². The minimum atomic E-state index is -0.379. The fourth-order valence-electron chi connectivity index (χ4n) is 3.10. The van der Waals surface area contributed by atoms with Crippen LogP contribution < -0.4 is 16.2 Å². The molecule has 0 atom stereocenters. The van der Waals surface area contributed by atoms with Crippen molar-refractivity contribution in [2.75, 3.05) is 10.6 Å². The molecule has 1 aromatic heterocycles. The Hall–Kier alpha value is -4.43. The lowest BCUT2D eigenvalue weighted by Gasteiger charge is -2.15. The summed E-state index contributed by atoms with van der Waals surface area (Å²) in [7, 11) is 1.55. The highest BCUT2D eigenvalue weighted by molar-refractivity contribution is 5.73. The normalized spacial score (nSPS) is 10.8. The number of hydrogen-bond acceptors (Lipinski definition) is 7. The zero-order chi connectivity index (χ0) is 22.5. The van der Waals surface area contributed by atoms with E-state index in [1.54, 1.807) is 31.3 Å². The molecule has 0 spiro atoms. The van der Waals surface area contributed by atoms with Gasteiger partial charge in [-0.1, -0.05) is 0 Å². The smallest absolute Gasteiger partial charge is 0.309 e. The zero-order valence-corrected chi connectivity index (χ0v) is 17.7. The Balaban J connectivity index is 1.94. The number of allylic oxidation sites excluding steroid dienone is 2. The first-order chi connectivity index (χ1) is 14.8. The lowest BCUT2D eigenvalue weighted by molar-refractivity contribution is 0.699. The van der Waals surface area contributed by atoms with Crippen LogP contribution in [-0.4, -0.2) is 14.8 Å². The number of anilines is 4. The third-order valence-electron chi connectivity index (χ3n) is 4.74. The highest BCUT2D eigenvalue weighted by Gasteiger charge is 2.12. The topological polar surface area (TPSA) is 119 Å². The van der Waals surface area contributed by atoms with E-state index in [0.29, 0.717) is 11.3 Å². The number of nitriles is 2. The molecule has 31 heavy (non-hydrogen) atoms. The number of hydrogen-bond donors (Lipinski definition) is 2. The molecule has 8 heteroatoms. The number of rotatable bonds is 5. The molecule has 0 saturated carbocycles. The Labute approximate surface area is 180 Å². The third kappa shape index (κ3) is 4.77. The molecule has 0 saturated heterocycles. The summed E-state index contributed by atoms with van der Waals surface area (Å²) in [4.78, 5) is 16.8. The quantitative estimate of drug-likeness (QED) is 0.607. The monoisotopic (exact) mass is 411 g/mol. The highest BCUT2D eigenvalue weighted by Crippen LogP contribution is 2.27. The third-order valence-corrected chi connectivity index (χ3v) is 4.74. The maximum absolute atomic E-state index is 12.5. The molecular formula is C23H21N7O. The summed E-state index contributed by atoms with van der Waals surface area (Å²) in [6.45, 7) is 5.80. The molecule has 8 nitrogen and oxygen atoms in total. The van der Waals surface area contributed by atoms with Crippen molar-refractivity contribution in [1.29, 1.82) is 10.5 Å². The molecule has 2 aromatic carbocycles. The molecule has 0 aliphatic carbocycles. The number of nitrogens with zero attached hydrogens (tertiary/aromatic N) is 5. The van der Waals surface area contributed by atoms with Crippen LogP contribution in [0.5, 0.6) is 0 Å². The van der Waals surface area contributed by atoms with Gasteiger partial charge in [0, 0.05) is 24.5 Å². The van der Waals surface area contributed by atoms with E-state index in [1.807, 2.05) is 32.9 Å². The van der Waals surface area contributed by atoms with Crippen molar-refractivity contribution >= 4 is 28.7 Å². The molecule has 0 aliphatic rings. The van der Waals surface area contributed by atoms with Gasteiger partial charge in [-0.2, -0.15) is 15.5 Å². The Kier molecular flexibility index (Phi) is 6.13. The molecule has 0 bridgehead atoms. The first kappa shape index (κ1) is 21.3. The van der Waals surface area contributed by atoms with E-state index in [0.717, 1.165) is 28.0 Å². The van der Waals surface area contributed by atoms with Gasteiger partial charge in [0.2, 0.25) is 11.8 Å². The van der Waals surface area contributed by atoms with Crippen LogP contribution in [0.1, 0.15) is 29.2 Å².